The lowest BCUT2D eigenvalue weighted by atomic mass is 9.83. The van der Waals surface area contributed by atoms with Crippen molar-refractivity contribution < 1.29 is 47.0 Å². The lowest BCUT2D eigenvalue weighted by Gasteiger charge is -2.39. The van der Waals surface area contributed by atoms with E-state index in [1.54, 1.807) is 54.5 Å². The summed E-state index contributed by atoms with van der Waals surface area (Å²) in [5.74, 6) is -2.33. The second kappa shape index (κ2) is 27.5. The first-order valence-electron chi connectivity index (χ1n) is 27.4. The quantitative estimate of drug-likeness (QED) is 0.0510. The highest BCUT2D eigenvalue weighted by Crippen LogP contribution is 2.40. The van der Waals surface area contributed by atoms with Crippen LogP contribution in [0.3, 0.4) is 0 Å². The first kappa shape index (κ1) is 61.3. The van der Waals surface area contributed by atoms with Crippen molar-refractivity contribution in [2.45, 2.75) is 84.3 Å². The Bertz CT molecular complexity index is 3320. The molecule has 2 aliphatic heterocycles. The lowest BCUT2D eigenvalue weighted by Crippen LogP contribution is -2.59. The molecule has 0 spiro atoms. The number of ether oxygens (including phenoxy) is 3. The molecule has 5 heterocycles. The molecule has 1 saturated carbocycles. The Kier molecular flexibility index (Phi) is 20.5. The number of aliphatic imine (C=N–C) groups is 1. The number of hydrogen-bond donors (Lipinski definition) is 4. The van der Waals surface area contributed by atoms with Crippen LogP contribution in [-0.2, 0) is 30.9 Å². The molecular formula is C58H69Cl2F2N11O8S. The van der Waals surface area contributed by atoms with Gasteiger partial charge in [0, 0.05) is 77.9 Å². The van der Waals surface area contributed by atoms with Crippen LogP contribution in [-0.4, -0.2) is 149 Å². The molecule has 3 aromatic carbocycles. The summed E-state index contributed by atoms with van der Waals surface area (Å²) in [5, 5.41) is 22.2. The Labute approximate surface area is 489 Å². The highest BCUT2D eigenvalue weighted by atomic mass is 35.5. The number of hydrogen-bond acceptors (Lipinski definition) is 13. The van der Waals surface area contributed by atoms with E-state index in [2.05, 4.69) is 45.3 Å². The van der Waals surface area contributed by atoms with Crippen LogP contribution in [0.4, 0.5) is 14.5 Å². The average Bonchev–Trinajstić information content (AvgIpc) is 4.30. The molecule has 82 heavy (non-hydrogen) atoms. The van der Waals surface area contributed by atoms with E-state index in [9.17, 15) is 32.8 Å². The van der Waals surface area contributed by atoms with Gasteiger partial charge in [-0.3, -0.25) is 33.5 Å². The van der Waals surface area contributed by atoms with Gasteiger partial charge in [0.15, 0.2) is 17.5 Å². The third-order valence-electron chi connectivity index (χ3n) is 15.3. The van der Waals surface area contributed by atoms with Crippen molar-refractivity contribution in [1.82, 2.24) is 45.1 Å². The number of rotatable bonds is 21. The molecule has 3 aliphatic rings. The number of carbonyl (C=O) groups excluding carboxylic acids is 5. The summed E-state index contributed by atoms with van der Waals surface area (Å²) in [6.07, 6.45) is 4.72. The maximum Gasteiger partial charge on any atom is 0.271 e. The van der Waals surface area contributed by atoms with Crippen molar-refractivity contribution in [3.63, 3.8) is 0 Å². The van der Waals surface area contributed by atoms with Gasteiger partial charge in [0.2, 0.25) is 17.7 Å². The van der Waals surface area contributed by atoms with Crippen molar-refractivity contribution in [1.29, 1.82) is 0 Å². The predicted molar refractivity (Wildman–Crippen MR) is 312 cm³/mol. The number of aromatic nitrogens is 4. The number of nitrogens with zero attached hydrogens (tertiary/aromatic N) is 7. The maximum atomic E-state index is 14.7. The molecule has 5 amide bonds. The largest absolute Gasteiger partial charge is 0.491 e. The van der Waals surface area contributed by atoms with E-state index in [-0.39, 0.29) is 130 Å². The molecule has 24 heteroatoms. The minimum absolute atomic E-state index is 0. The Hall–Kier alpha value is -6.82. The molecule has 4 N–H and O–H groups in total. The number of carbonyl (C=O) groups is 5. The Balaban J connectivity index is 0.00000880. The van der Waals surface area contributed by atoms with Crippen LogP contribution < -0.4 is 26.0 Å². The number of likely N-dealkylation sites (N-methyl/N-ethyl adjacent to an activating group) is 1. The van der Waals surface area contributed by atoms with Gasteiger partial charge in [0.1, 0.15) is 41.0 Å². The molecule has 1 aliphatic carbocycles. The normalized spacial score (nSPS) is 16.1. The van der Waals surface area contributed by atoms with Crippen LogP contribution in [0.15, 0.2) is 65.7 Å². The van der Waals surface area contributed by atoms with Gasteiger partial charge in [0.05, 0.1) is 55.7 Å². The van der Waals surface area contributed by atoms with E-state index >= 15 is 0 Å². The zero-order chi connectivity index (χ0) is 57.5. The fourth-order valence-electron chi connectivity index (χ4n) is 10.7. The zero-order valence-corrected chi connectivity index (χ0v) is 49.1. The van der Waals surface area contributed by atoms with Crippen molar-refractivity contribution in [2.75, 3.05) is 78.1 Å². The Morgan fingerprint density at radius 1 is 0.841 bits per heavy atom. The van der Waals surface area contributed by atoms with Gasteiger partial charge >= 0.3 is 0 Å². The van der Waals surface area contributed by atoms with Crippen LogP contribution in [0.5, 0.6) is 5.75 Å². The summed E-state index contributed by atoms with van der Waals surface area (Å²) >= 11 is 7.90. The SMILES string of the molecule is CNC(C)C(=O)NC(C(=O)N1CCN(C(=O)c2c(C(=O)NCCOCCOCCOc3ccc(NC(=O)C[C@@H]4N=C(c5ccc(Cl)cc5)c5c(sc(C)c5C)-n5c(C)nnc54)cc3)c3cc(F)c(F)cc3n2C)CC1)C1CCCCC1.Cl. The molecule has 19 nitrogen and oxygen atoms in total. The number of anilines is 1. The van der Waals surface area contributed by atoms with E-state index < -0.39 is 41.6 Å². The number of nitrogens with one attached hydrogen (secondary N) is 4. The van der Waals surface area contributed by atoms with Gasteiger partial charge in [-0.15, -0.1) is 33.9 Å². The van der Waals surface area contributed by atoms with Crippen LogP contribution in [0.25, 0.3) is 15.9 Å². The summed E-state index contributed by atoms with van der Waals surface area (Å²) in [7, 11) is 3.20. The van der Waals surface area contributed by atoms with Gasteiger partial charge in [-0.1, -0.05) is 43.0 Å². The molecule has 2 fully saturated rings. The fraction of sp³-hybridized carbons (Fsp3) is 0.448. The highest BCUT2D eigenvalue weighted by molar-refractivity contribution is 7.15. The van der Waals surface area contributed by atoms with Crippen LogP contribution in [0.1, 0.15) is 106 Å². The summed E-state index contributed by atoms with van der Waals surface area (Å²) in [6, 6.07) is 14.6. The van der Waals surface area contributed by atoms with Crippen molar-refractivity contribution in [2.24, 2.45) is 18.0 Å². The number of thiophene rings is 1. The molecule has 1 saturated heterocycles. The molecular weight excluding hydrogens is 1120 g/mol. The number of halogens is 4. The number of amides is 5. The first-order chi connectivity index (χ1) is 39.0. The highest BCUT2D eigenvalue weighted by Gasteiger charge is 2.38. The van der Waals surface area contributed by atoms with Crippen molar-refractivity contribution >= 4 is 87.2 Å². The van der Waals surface area contributed by atoms with Gasteiger partial charge in [-0.25, -0.2) is 8.78 Å². The molecule has 9 rings (SSSR count). The number of fused-ring (bicyclic) bond motifs is 4. The first-order valence-corrected chi connectivity index (χ1v) is 28.6. The molecule has 0 bridgehead atoms. The molecule has 438 valence electrons. The van der Waals surface area contributed by atoms with Crippen molar-refractivity contribution in [3.8, 4) is 10.8 Å². The van der Waals surface area contributed by atoms with Crippen LogP contribution in [0.2, 0.25) is 5.02 Å². The van der Waals surface area contributed by atoms with E-state index in [1.807, 2.05) is 35.8 Å². The third-order valence-corrected chi connectivity index (χ3v) is 16.8. The maximum absolute atomic E-state index is 14.7. The number of benzene rings is 3. The van der Waals surface area contributed by atoms with E-state index in [0.717, 1.165) is 76.5 Å². The predicted octanol–water partition coefficient (Wildman–Crippen LogP) is 7.82. The second-order valence-corrected chi connectivity index (χ2v) is 22.2. The van der Waals surface area contributed by atoms with Crippen LogP contribution in [0, 0.1) is 38.3 Å². The molecule has 3 aromatic heterocycles. The summed E-state index contributed by atoms with van der Waals surface area (Å²) in [6.45, 7) is 9.51. The van der Waals surface area contributed by atoms with Gasteiger partial charge < -0.3 is 49.8 Å². The van der Waals surface area contributed by atoms with E-state index in [1.165, 1.54) is 16.5 Å². The summed E-state index contributed by atoms with van der Waals surface area (Å²) in [4.78, 5) is 78.3. The van der Waals surface area contributed by atoms with Crippen LogP contribution >= 0.6 is 35.3 Å². The topological polar surface area (TPSA) is 216 Å². The monoisotopic (exact) mass is 1190 g/mol. The van der Waals surface area contributed by atoms with Crippen molar-refractivity contribution in [3.05, 3.63) is 122 Å². The molecule has 6 aromatic rings. The average molecular weight is 1190 g/mol. The fourth-order valence-corrected chi connectivity index (χ4v) is 12.0. The summed E-state index contributed by atoms with van der Waals surface area (Å²) in [5.41, 5.74) is 4.31. The summed E-state index contributed by atoms with van der Waals surface area (Å²) < 4.78 is 50.0. The standard InChI is InChI=1S/C58H68ClF2N11O8S.ClH/c1-33-35(3)81-58-48(33)50(38-12-14-39(59)15-13-38)65-45(53-68-67-36(4)72(53)58)32-47(73)64-40-16-18-41(19-17-40)80-29-28-79-27-26-78-25-20-63-55(75)49-42-30-43(60)44(61)31-46(42)69(6)52(49)57(77)71-23-21-70(22-24-71)56(76)51(37-10-8-7-9-11-37)66-54(74)34(2)62-5;/h12-19,30-31,34,37,45,51,62H,7-11,20-29,32H2,1-6H3,(H,63,75)(H,64,73)(H,66,74);1H/t34?,45-,51?;/m0./s1. The smallest absolute Gasteiger partial charge is 0.271 e. The van der Waals surface area contributed by atoms with Gasteiger partial charge in [-0.2, -0.15) is 0 Å². The third kappa shape index (κ3) is 13.6. The van der Waals surface area contributed by atoms with E-state index in [4.69, 9.17) is 30.8 Å². The number of aryl methyl sites for hydroxylation is 3. The van der Waals surface area contributed by atoms with Gasteiger partial charge in [-0.05, 0) is 102 Å². The second-order valence-electron chi connectivity index (χ2n) is 20.6. The molecule has 3 atom stereocenters. The molecule has 2 unspecified atom stereocenters. The molecule has 0 radical (unpaired) electrons. The zero-order valence-electron chi connectivity index (χ0n) is 46.7. The van der Waals surface area contributed by atoms with E-state index in [0.29, 0.717) is 28.1 Å². The Morgan fingerprint density at radius 3 is 2.20 bits per heavy atom. The minimum Gasteiger partial charge on any atom is -0.491 e. The van der Waals surface area contributed by atoms with Gasteiger partial charge in [0.25, 0.3) is 11.8 Å². The minimum atomic E-state index is -1.17. The lowest BCUT2D eigenvalue weighted by molar-refractivity contribution is -0.140. The Morgan fingerprint density at radius 2 is 1.50 bits per heavy atom. The number of piperazine rings is 1.